The van der Waals surface area contributed by atoms with Crippen molar-refractivity contribution in [3.63, 3.8) is 0 Å². The lowest BCUT2D eigenvalue weighted by atomic mass is 10.1. The number of rotatable bonds is 7. The first kappa shape index (κ1) is 15.5. The largest absolute Gasteiger partial charge is 0.317 e. The van der Waals surface area contributed by atoms with Crippen molar-refractivity contribution < 1.29 is 8.42 Å². The standard InChI is InChI=1S/C13H20ClNO2S/c1-11(15-2)5-3-4-10-18(16,17)13-8-6-12(14)7-9-13/h6-9,11,15H,3-5,10H2,1-2H3. The highest BCUT2D eigenvalue weighted by Gasteiger charge is 2.13. The van der Waals surface area contributed by atoms with Crippen LogP contribution in [-0.4, -0.2) is 27.3 Å². The van der Waals surface area contributed by atoms with E-state index in [0.717, 1.165) is 12.8 Å². The second-order valence-electron chi connectivity index (χ2n) is 4.46. The van der Waals surface area contributed by atoms with Crippen molar-refractivity contribution in [2.24, 2.45) is 0 Å². The molecule has 0 aliphatic rings. The second kappa shape index (κ2) is 7.12. The van der Waals surface area contributed by atoms with Crippen molar-refractivity contribution in [1.29, 1.82) is 0 Å². The van der Waals surface area contributed by atoms with Gasteiger partial charge in [0.05, 0.1) is 10.6 Å². The third kappa shape index (κ3) is 4.96. The maximum absolute atomic E-state index is 12.0. The van der Waals surface area contributed by atoms with Crippen LogP contribution in [-0.2, 0) is 9.84 Å². The van der Waals surface area contributed by atoms with Crippen molar-refractivity contribution in [1.82, 2.24) is 5.32 Å². The van der Waals surface area contributed by atoms with Crippen LogP contribution < -0.4 is 5.32 Å². The molecule has 5 heteroatoms. The molecule has 0 amide bonds. The molecule has 0 aliphatic heterocycles. The van der Waals surface area contributed by atoms with Crippen molar-refractivity contribution in [2.45, 2.75) is 37.1 Å². The molecule has 0 saturated carbocycles. The minimum Gasteiger partial charge on any atom is -0.317 e. The number of hydrogen-bond donors (Lipinski definition) is 1. The molecule has 0 saturated heterocycles. The van der Waals surface area contributed by atoms with Gasteiger partial charge in [-0.15, -0.1) is 0 Å². The fourth-order valence-corrected chi connectivity index (χ4v) is 3.14. The van der Waals surface area contributed by atoms with E-state index in [1.807, 2.05) is 7.05 Å². The van der Waals surface area contributed by atoms with Gasteiger partial charge in [0.2, 0.25) is 0 Å². The van der Waals surface area contributed by atoms with Crippen LogP contribution in [0.2, 0.25) is 5.02 Å². The Morgan fingerprint density at radius 2 is 1.83 bits per heavy atom. The maximum Gasteiger partial charge on any atom is 0.178 e. The summed E-state index contributed by atoms with van der Waals surface area (Å²) in [5.41, 5.74) is 0. The third-order valence-electron chi connectivity index (χ3n) is 2.97. The van der Waals surface area contributed by atoms with E-state index in [9.17, 15) is 8.42 Å². The predicted molar refractivity (Wildman–Crippen MR) is 75.9 cm³/mol. The minimum atomic E-state index is -3.16. The lowest BCUT2D eigenvalue weighted by Gasteiger charge is -2.09. The molecule has 0 heterocycles. The SMILES string of the molecule is CNC(C)CCCCS(=O)(=O)c1ccc(Cl)cc1. The molecule has 1 N–H and O–H groups in total. The summed E-state index contributed by atoms with van der Waals surface area (Å²) in [6, 6.07) is 6.78. The van der Waals surface area contributed by atoms with Gasteiger partial charge < -0.3 is 5.32 Å². The van der Waals surface area contributed by atoms with E-state index in [1.165, 1.54) is 0 Å². The average Bonchev–Trinajstić information content (AvgIpc) is 2.35. The Labute approximate surface area is 114 Å². The zero-order valence-corrected chi connectivity index (χ0v) is 12.4. The highest BCUT2D eigenvalue weighted by atomic mass is 35.5. The molecule has 0 spiro atoms. The second-order valence-corrected chi connectivity index (χ2v) is 7.00. The van der Waals surface area contributed by atoms with E-state index in [4.69, 9.17) is 11.6 Å². The van der Waals surface area contributed by atoms with E-state index in [0.29, 0.717) is 22.4 Å². The van der Waals surface area contributed by atoms with Crippen LogP contribution in [0, 0.1) is 0 Å². The molecule has 18 heavy (non-hydrogen) atoms. The Kier molecular flexibility index (Phi) is 6.12. The first-order valence-corrected chi connectivity index (χ1v) is 8.14. The summed E-state index contributed by atoms with van der Waals surface area (Å²) < 4.78 is 24.0. The Balaban J connectivity index is 2.48. The molecule has 3 nitrogen and oxygen atoms in total. The van der Waals surface area contributed by atoms with Crippen LogP contribution in [0.4, 0.5) is 0 Å². The normalized spacial score (nSPS) is 13.5. The third-order valence-corrected chi connectivity index (χ3v) is 5.03. The minimum absolute atomic E-state index is 0.199. The van der Waals surface area contributed by atoms with Crippen molar-refractivity contribution in [3.8, 4) is 0 Å². The van der Waals surface area contributed by atoms with Gasteiger partial charge in [0.25, 0.3) is 0 Å². The van der Waals surface area contributed by atoms with Gasteiger partial charge in [-0.2, -0.15) is 0 Å². The van der Waals surface area contributed by atoms with Crippen LogP contribution in [0.15, 0.2) is 29.2 Å². The zero-order chi connectivity index (χ0) is 13.6. The van der Waals surface area contributed by atoms with Gasteiger partial charge in [-0.25, -0.2) is 8.42 Å². The summed E-state index contributed by atoms with van der Waals surface area (Å²) in [5.74, 6) is 0.199. The van der Waals surface area contributed by atoms with Crippen LogP contribution in [0.5, 0.6) is 0 Å². The first-order chi connectivity index (χ1) is 8.45. The summed E-state index contributed by atoms with van der Waals surface area (Å²) in [4.78, 5) is 0.355. The van der Waals surface area contributed by atoms with E-state index < -0.39 is 9.84 Å². The van der Waals surface area contributed by atoms with Crippen LogP contribution >= 0.6 is 11.6 Å². The van der Waals surface area contributed by atoms with Crippen molar-refractivity contribution in [3.05, 3.63) is 29.3 Å². The molecule has 0 aliphatic carbocycles. The molecular formula is C13H20ClNO2S. The number of sulfone groups is 1. The predicted octanol–water partition coefficient (Wildman–Crippen LogP) is 2.89. The van der Waals surface area contributed by atoms with Gasteiger partial charge >= 0.3 is 0 Å². The zero-order valence-electron chi connectivity index (χ0n) is 10.8. The van der Waals surface area contributed by atoms with Crippen LogP contribution in [0.1, 0.15) is 26.2 Å². The molecule has 0 bridgehead atoms. The van der Waals surface area contributed by atoms with Crippen molar-refractivity contribution >= 4 is 21.4 Å². The summed E-state index contributed by atoms with van der Waals surface area (Å²) >= 11 is 5.74. The molecule has 0 aromatic heterocycles. The van der Waals surface area contributed by atoms with Crippen LogP contribution in [0.3, 0.4) is 0 Å². The smallest absolute Gasteiger partial charge is 0.178 e. The number of hydrogen-bond acceptors (Lipinski definition) is 3. The Morgan fingerprint density at radius 1 is 1.22 bits per heavy atom. The fourth-order valence-electron chi connectivity index (χ4n) is 1.65. The highest BCUT2D eigenvalue weighted by molar-refractivity contribution is 7.91. The first-order valence-electron chi connectivity index (χ1n) is 6.11. The summed E-state index contributed by atoms with van der Waals surface area (Å²) in [6.45, 7) is 2.09. The Bertz CT molecular complexity index is 456. The summed E-state index contributed by atoms with van der Waals surface area (Å²) in [6.07, 6.45) is 2.60. The molecule has 0 radical (unpaired) electrons. The Hall–Kier alpha value is -0.580. The van der Waals surface area contributed by atoms with E-state index in [2.05, 4.69) is 12.2 Å². The molecule has 1 atom stereocenters. The van der Waals surface area contributed by atoms with Crippen molar-refractivity contribution in [2.75, 3.05) is 12.8 Å². The molecule has 1 aromatic rings. The number of unbranched alkanes of at least 4 members (excludes halogenated alkanes) is 1. The lowest BCUT2D eigenvalue weighted by Crippen LogP contribution is -2.21. The van der Waals surface area contributed by atoms with E-state index in [-0.39, 0.29) is 5.75 Å². The molecular weight excluding hydrogens is 270 g/mol. The average molecular weight is 290 g/mol. The molecule has 1 rings (SSSR count). The lowest BCUT2D eigenvalue weighted by molar-refractivity contribution is 0.533. The number of benzene rings is 1. The van der Waals surface area contributed by atoms with Gasteiger partial charge in [0, 0.05) is 11.1 Å². The molecule has 1 unspecified atom stereocenters. The van der Waals surface area contributed by atoms with E-state index in [1.54, 1.807) is 24.3 Å². The van der Waals surface area contributed by atoms with E-state index >= 15 is 0 Å². The van der Waals surface area contributed by atoms with Gasteiger partial charge in [-0.05, 0) is 51.1 Å². The Morgan fingerprint density at radius 3 is 2.39 bits per heavy atom. The monoisotopic (exact) mass is 289 g/mol. The molecule has 102 valence electrons. The highest BCUT2D eigenvalue weighted by Crippen LogP contribution is 2.16. The van der Waals surface area contributed by atoms with Gasteiger partial charge in [0.1, 0.15) is 0 Å². The van der Waals surface area contributed by atoms with Gasteiger partial charge in [-0.3, -0.25) is 0 Å². The molecule has 0 fully saturated rings. The number of nitrogens with one attached hydrogen (secondary N) is 1. The van der Waals surface area contributed by atoms with Crippen LogP contribution in [0.25, 0.3) is 0 Å². The summed E-state index contributed by atoms with van der Waals surface area (Å²) in [5, 5.41) is 3.69. The van der Waals surface area contributed by atoms with Gasteiger partial charge in [-0.1, -0.05) is 18.0 Å². The van der Waals surface area contributed by atoms with Gasteiger partial charge in [0.15, 0.2) is 9.84 Å². The fraction of sp³-hybridized carbons (Fsp3) is 0.538. The summed E-state index contributed by atoms with van der Waals surface area (Å²) in [7, 11) is -1.25. The molecule has 1 aromatic carbocycles. The number of halogens is 1. The maximum atomic E-state index is 12.0. The topological polar surface area (TPSA) is 46.2 Å². The quantitative estimate of drug-likeness (QED) is 0.785.